The number of fused-ring (bicyclic) bond motifs is 1. The molecule has 9 heteroatoms. The average Bonchev–Trinajstić information content (AvgIpc) is 3.35. The molecule has 172 valence electrons. The van der Waals surface area contributed by atoms with Crippen LogP contribution in [0, 0.1) is 6.92 Å². The van der Waals surface area contributed by atoms with Gasteiger partial charge in [0.1, 0.15) is 10.5 Å². The molecule has 0 unspecified atom stereocenters. The lowest BCUT2D eigenvalue weighted by molar-refractivity contribution is -0.145. The minimum absolute atomic E-state index is 0.663. The number of thioether (sulfide) groups is 1. The van der Waals surface area contributed by atoms with Crippen LogP contribution < -0.4 is 0 Å². The number of benzene rings is 2. The maximum atomic E-state index is 12.8. The first-order chi connectivity index (χ1) is 15.5. The molecule has 0 aliphatic carbocycles. The lowest BCUT2D eigenvalue weighted by atomic mass is 10.1. The normalized spacial score (nSPS) is 12.4. The maximum absolute atomic E-state index is 12.8. The van der Waals surface area contributed by atoms with Crippen molar-refractivity contribution in [2.75, 3.05) is 0 Å². The van der Waals surface area contributed by atoms with Crippen molar-refractivity contribution in [1.82, 2.24) is 9.55 Å². The third kappa shape index (κ3) is 4.65. The zero-order valence-electron chi connectivity index (χ0n) is 18.1. The van der Waals surface area contributed by atoms with Crippen LogP contribution in [0.15, 0.2) is 59.6 Å². The van der Waals surface area contributed by atoms with E-state index in [-0.39, 0.29) is 0 Å². The van der Waals surface area contributed by atoms with Crippen molar-refractivity contribution in [2.45, 2.75) is 43.1 Å². The number of alkyl halides is 3. The Kier molecular flexibility index (Phi) is 6.05. The molecule has 0 atom stereocenters. The van der Waals surface area contributed by atoms with Gasteiger partial charge in [0.2, 0.25) is 0 Å². The number of aliphatic carboxylic acids is 1. The largest absolute Gasteiger partial charge is 0.480 e. The van der Waals surface area contributed by atoms with Crippen LogP contribution in [-0.2, 0) is 22.3 Å². The molecule has 1 N–H and O–H groups in total. The third-order valence-electron chi connectivity index (χ3n) is 5.51. The van der Waals surface area contributed by atoms with E-state index in [2.05, 4.69) is 4.98 Å². The van der Waals surface area contributed by atoms with E-state index in [0.29, 0.717) is 16.3 Å². The van der Waals surface area contributed by atoms with Gasteiger partial charge in [-0.25, -0.2) is 9.78 Å². The van der Waals surface area contributed by atoms with Crippen molar-refractivity contribution in [3.05, 3.63) is 70.9 Å². The van der Waals surface area contributed by atoms with Gasteiger partial charge in [0.15, 0.2) is 0 Å². The molecule has 0 bridgehead atoms. The van der Waals surface area contributed by atoms with E-state index < -0.39 is 23.2 Å². The second kappa shape index (κ2) is 8.53. The van der Waals surface area contributed by atoms with Gasteiger partial charge in [-0.3, -0.25) is 0 Å². The first-order valence-corrected chi connectivity index (χ1v) is 11.9. The van der Waals surface area contributed by atoms with Crippen molar-refractivity contribution in [1.29, 1.82) is 0 Å². The van der Waals surface area contributed by atoms with E-state index in [1.54, 1.807) is 36.4 Å². The maximum Gasteiger partial charge on any atom is 0.416 e. The number of aromatic nitrogens is 2. The number of hydrogen-bond acceptors (Lipinski definition) is 4. The molecule has 0 radical (unpaired) electrons. The second-order valence-corrected chi connectivity index (χ2v) is 10.3. The summed E-state index contributed by atoms with van der Waals surface area (Å²) in [7, 11) is 0. The second-order valence-electron chi connectivity index (χ2n) is 8.16. The Morgan fingerprint density at radius 2 is 1.82 bits per heavy atom. The summed E-state index contributed by atoms with van der Waals surface area (Å²) < 4.78 is 40.2. The Morgan fingerprint density at radius 3 is 2.45 bits per heavy atom. The molecule has 0 fully saturated rings. The van der Waals surface area contributed by atoms with Crippen LogP contribution in [0.5, 0.6) is 0 Å². The molecule has 0 spiro atoms. The molecular formula is C24H21F3N2O2S2. The van der Waals surface area contributed by atoms with Gasteiger partial charge in [0.05, 0.1) is 11.3 Å². The highest BCUT2D eigenvalue weighted by molar-refractivity contribution is 7.98. The van der Waals surface area contributed by atoms with Crippen molar-refractivity contribution in [3.8, 4) is 10.6 Å². The Morgan fingerprint density at radius 1 is 1.12 bits per heavy atom. The zero-order valence-corrected chi connectivity index (χ0v) is 19.7. The predicted molar refractivity (Wildman–Crippen MR) is 126 cm³/mol. The Bertz CT molecular complexity index is 1320. The van der Waals surface area contributed by atoms with Crippen molar-refractivity contribution >= 4 is 40.0 Å². The van der Waals surface area contributed by atoms with Gasteiger partial charge in [-0.15, -0.1) is 23.1 Å². The summed E-state index contributed by atoms with van der Waals surface area (Å²) in [5, 5.41) is 11.2. The van der Waals surface area contributed by atoms with Crippen LogP contribution in [-0.4, -0.2) is 20.6 Å². The fourth-order valence-electron chi connectivity index (χ4n) is 3.44. The van der Waals surface area contributed by atoms with Gasteiger partial charge in [-0.2, -0.15) is 13.2 Å². The van der Waals surface area contributed by atoms with Crippen LogP contribution in [0.25, 0.3) is 21.5 Å². The van der Waals surface area contributed by atoms with Crippen molar-refractivity contribution in [2.24, 2.45) is 0 Å². The molecule has 33 heavy (non-hydrogen) atoms. The predicted octanol–water partition coefficient (Wildman–Crippen LogP) is 7.20. The molecule has 0 amide bonds. The number of halogens is 3. The molecule has 0 saturated carbocycles. The van der Waals surface area contributed by atoms with E-state index in [4.69, 9.17) is 0 Å². The van der Waals surface area contributed by atoms with E-state index in [0.717, 1.165) is 38.5 Å². The topological polar surface area (TPSA) is 55.1 Å². The summed E-state index contributed by atoms with van der Waals surface area (Å²) >= 11 is 3.11. The molecule has 2 heterocycles. The number of rotatable bonds is 6. The molecule has 0 aliphatic rings. The Balaban J connectivity index is 1.51. The van der Waals surface area contributed by atoms with Gasteiger partial charge in [-0.05, 0) is 57.2 Å². The molecule has 0 aliphatic heterocycles. The molecule has 4 nitrogen and oxygen atoms in total. The van der Waals surface area contributed by atoms with E-state index >= 15 is 0 Å². The first-order valence-electron chi connectivity index (χ1n) is 10.1. The highest BCUT2D eigenvalue weighted by Gasteiger charge is 2.31. The Labute approximate surface area is 197 Å². The third-order valence-corrected chi connectivity index (χ3v) is 7.92. The number of aryl methyl sites for hydroxylation is 1. The van der Waals surface area contributed by atoms with E-state index in [9.17, 15) is 23.1 Å². The van der Waals surface area contributed by atoms with Gasteiger partial charge < -0.3 is 9.67 Å². The first kappa shape index (κ1) is 23.4. The highest BCUT2D eigenvalue weighted by Crippen LogP contribution is 2.36. The van der Waals surface area contributed by atoms with Crippen LogP contribution in [0.3, 0.4) is 0 Å². The van der Waals surface area contributed by atoms with Crippen LogP contribution in [0.2, 0.25) is 0 Å². The number of hydrogen-bond donors (Lipinski definition) is 1. The monoisotopic (exact) mass is 490 g/mol. The van der Waals surface area contributed by atoms with E-state index in [1.165, 1.54) is 23.5 Å². The standard InChI is InChI=1S/C24H21F3N2O2S2/c1-14-20(33-21(28-14)15-4-6-17(7-5-15)24(25,26)27)13-32-18-8-9-19-16(12-18)10-11-29(19)23(2,3)22(30)31/h4-12H,13H2,1-3H3,(H,30,31). The van der Waals surface area contributed by atoms with Gasteiger partial charge in [-0.1, -0.05) is 12.1 Å². The summed E-state index contributed by atoms with van der Waals surface area (Å²) in [5.74, 6) is -0.222. The average molecular weight is 491 g/mol. The SMILES string of the molecule is Cc1nc(-c2ccc(C(F)(F)F)cc2)sc1CSc1ccc2c(ccn2C(C)(C)C(=O)O)c1. The molecule has 2 aromatic carbocycles. The highest BCUT2D eigenvalue weighted by atomic mass is 32.2. The van der Waals surface area contributed by atoms with E-state index in [1.807, 2.05) is 31.2 Å². The molecular weight excluding hydrogens is 469 g/mol. The summed E-state index contributed by atoms with van der Waals surface area (Å²) in [6, 6.07) is 12.9. The quantitative estimate of drug-likeness (QED) is 0.290. The van der Waals surface area contributed by atoms with Gasteiger partial charge in [0.25, 0.3) is 0 Å². The van der Waals surface area contributed by atoms with Crippen LogP contribution in [0.4, 0.5) is 13.2 Å². The van der Waals surface area contributed by atoms with Gasteiger partial charge in [0, 0.05) is 38.2 Å². The fraction of sp³-hybridized carbons (Fsp3) is 0.250. The van der Waals surface area contributed by atoms with Crippen LogP contribution in [0.1, 0.15) is 30.0 Å². The Hall–Kier alpha value is -2.78. The fourth-order valence-corrected chi connectivity index (χ4v) is 5.59. The molecule has 0 saturated heterocycles. The minimum atomic E-state index is -4.36. The molecule has 4 rings (SSSR count). The lowest BCUT2D eigenvalue weighted by Crippen LogP contribution is -2.34. The number of carboxylic acids is 1. The summed E-state index contributed by atoms with van der Waals surface area (Å²) in [5.41, 5.74) is 0.649. The lowest BCUT2D eigenvalue weighted by Gasteiger charge is -2.23. The zero-order chi connectivity index (χ0) is 24.0. The molecule has 4 aromatic rings. The molecule has 2 aromatic heterocycles. The summed E-state index contributed by atoms with van der Waals surface area (Å²) in [6.07, 6.45) is -2.57. The summed E-state index contributed by atoms with van der Waals surface area (Å²) in [4.78, 5) is 18.2. The number of carbonyl (C=O) groups is 1. The number of carboxylic acid groups (broad SMARTS) is 1. The number of nitrogens with zero attached hydrogens (tertiary/aromatic N) is 2. The minimum Gasteiger partial charge on any atom is -0.480 e. The van der Waals surface area contributed by atoms with Crippen molar-refractivity contribution < 1.29 is 23.1 Å². The van der Waals surface area contributed by atoms with Crippen LogP contribution >= 0.6 is 23.1 Å². The number of thiazole rings is 1. The van der Waals surface area contributed by atoms with Crippen molar-refractivity contribution in [3.63, 3.8) is 0 Å². The smallest absolute Gasteiger partial charge is 0.416 e. The summed E-state index contributed by atoms with van der Waals surface area (Å²) in [6.45, 7) is 5.23. The van der Waals surface area contributed by atoms with Gasteiger partial charge >= 0.3 is 12.1 Å².